The number of nitrogens with zero attached hydrogens (tertiary/aromatic N) is 1. The van der Waals surface area contributed by atoms with Crippen molar-refractivity contribution in [3.05, 3.63) is 62.8 Å². The van der Waals surface area contributed by atoms with Crippen molar-refractivity contribution >= 4 is 22.2 Å². The Morgan fingerprint density at radius 1 is 1.32 bits per heavy atom. The molecule has 2 rings (SSSR count). The number of hydrogen-bond donors (Lipinski definition) is 1. The van der Waals surface area contributed by atoms with Gasteiger partial charge in [0.15, 0.2) is 0 Å². The highest BCUT2D eigenvalue weighted by Crippen LogP contribution is 2.23. The first-order valence-electron chi connectivity index (χ1n) is 5.34. The van der Waals surface area contributed by atoms with E-state index in [1.54, 1.807) is 18.2 Å². The number of thiophene rings is 1. The average Bonchev–Trinajstić information content (AvgIpc) is 2.87. The van der Waals surface area contributed by atoms with Crippen molar-refractivity contribution in [2.45, 2.75) is 6.54 Å². The van der Waals surface area contributed by atoms with Crippen LogP contribution >= 0.6 is 11.3 Å². The predicted molar refractivity (Wildman–Crippen MR) is 68.5 cm³/mol. The maximum absolute atomic E-state index is 13.3. The van der Waals surface area contributed by atoms with Gasteiger partial charge in [-0.3, -0.25) is 14.9 Å². The van der Waals surface area contributed by atoms with Crippen molar-refractivity contribution in [3.63, 3.8) is 0 Å². The quantitative estimate of drug-likeness (QED) is 0.691. The molecule has 0 aliphatic carbocycles. The SMILES string of the molecule is O=C(NCc1ccccc1F)c1ccc([N+](=O)[O-])s1. The first-order valence-corrected chi connectivity index (χ1v) is 6.15. The summed E-state index contributed by atoms with van der Waals surface area (Å²) in [6.45, 7) is 0.0389. The molecule has 1 amide bonds. The van der Waals surface area contributed by atoms with Crippen LogP contribution in [0, 0.1) is 15.9 Å². The number of benzene rings is 1. The molecule has 0 aliphatic heterocycles. The number of amides is 1. The van der Waals surface area contributed by atoms with E-state index >= 15 is 0 Å². The van der Waals surface area contributed by atoms with Crippen LogP contribution in [0.25, 0.3) is 0 Å². The molecule has 2 aromatic rings. The summed E-state index contributed by atoms with van der Waals surface area (Å²) in [6.07, 6.45) is 0. The molecule has 0 fully saturated rings. The topological polar surface area (TPSA) is 72.2 Å². The summed E-state index contributed by atoms with van der Waals surface area (Å²) < 4.78 is 13.3. The molecule has 98 valence electrons. The number of carbonyl (C=O) groups excluding carboxylic acids is 1. The fourth-order valence-electron chi connectivity index (χ4n) is 1.45. The summed E-state index contributed by atoms with van der Waals surface area (Å²) in [7, 11) is 0. The van der Waals surface area contributed by atoms with E-state index in [2.05, 4.69) is 5.32 Å². The summed E-state index contributed by atoms with van der Waals surface area (Å²) in [5, 5.41) is 12.9. The number of nitro groups is 1. The van der Waals surface area contributed by atoms with E-state index < -0.39 is 16.6 Å². The standard InChI is InChI=1S/C12H9FN2O3S/c13-9-4-2-1-3-8(9)7-14-12(16)10-5-6-11(19-10)15(17)18/h1-6H,7H2,(H,14,16). The van der Waals surface area contributed by atoms with E-state index in [1.165, 1.54) is 18.2 Å². The Hall–Kier alpha value is -2.28. The van der Waals surface area contributed by atoms with Crippen molar-refractivity contribution in [1.29, 1.82) is 0 Å². The zero-order chi connectivity index (χ0) is 13.8. The molecule has 0 saturated heterocycles. The van der Waals surface area contributed by atoms with E-state index in [0.717, 1.165) is 11.3 Å². The maximum Gasteiger partial charge on any atom is 0.324 e. The highest BCUT2D eigenvalue weighted by molar-refractivity contribution is 7.17. The Morgan fingerprint density at radius 3 is 2.68 bits per heavy atom. The molecule has 0 saturated carbocycles. The Balaban J connectivity index is 2.01. The van der Waals surface area contributed by atoms with Crippen molar-refractivity contribution in [2.75, 3.05) is 0 Å². The first-order chi connectivity index (χ1) is 9.08. The molecule has 0 unspecified atom stereocenters. The van der Waals surface area contributed by atoms with Gasteiger partial charge in [0.2, 0.25) is 0 Å². The number of nitrogens with one attached hydrogen (secondary N) is 1. The second-order valence-electron chi connectivity index (χ2n) is 3.67. The second-order valence-corrected chi connectivity index (χ2v) is 4.73. The van der Waals surface area contributed by atoms with Gasteiger partial charge in [0.25, 0.3) is 5.91 Å². The fraction of sp³-hybridized carbons (Fsp3) is 0.0833. The number of halogens is 1. The van der Waals surface area contributed by atoms with Gasteiger partial charge in [0, 0.05) is 18.2 Å². The van der Waals surface area contributed by atoms with Gasteiger partial charge in [-0.15, -0.1) is 0 Å². The van der Waals surface area contributed by atoms with Gasteiger partial charge < -0.3 is 5.32 Å². The Labute approximate surface area is 111 Å². The lowest BCUT2D eigenvalue weighted by Crippen LogP contribution is -2.22. The Morgan fingerprint density at radius 2 is 2.05 bits per heavy atom. The molecule has 1 heterocycles. The highest BCUT2D eigenvalue weighted by atomic mass is 32.1. The Kier molecular flexibility index (Phi) is 3.86. The Bertz CT molecular complexity index is 627. The molecule has 1 aromatic heterocycles. The third-order valence-corrected chi connectivity index (χ3v) is 3.43. The fourth-order valence-corrected chi connectivity index (χ4v) is 2.19. The zero-order valence-corrected chi connectivity index (χ0v) is 10.4. The van der Waals surface area contributed by atoms with Crippen LogP contribution in [0.2, 0.25) is 0 Å². The van der Waals surface area contributed by atoms with E-state index in [0.29, 0.717) is 5.56 Å². The van der Waals surface area contributed by atoms with Crippen LogP contribution in [-0.4, -0.2) is 10.8 Å². The van der Waals surface area contributed by atoms with Gasteiger partial charge in [0.1, 0.15) is 5.82 Å². The first kappa shape index (κ1) is 13.2. The minimum absolute atomic E-state index is 0.0389. The van der Waals surface area contributed by atoms with E-state index in [-0.39, 0.29) is 16.4 Å². The van der Waals surface area contributed by atoms with Crippen molar-refractivity contribution in [3.8, 4) is 0 Å². The summed E-state index contributed by atoms with van der Waals surface area (Å²) in [5.74, 6) is -0.860. The predicted octanol–water partition coefficient (Wildman–Crippen LogP) is 2.73. The highest BCUT2D eigenvalue weighted by Gasteiger charge is 2.15. The van der Waals surface area contributed by atoms with Gasteiger partial charge in [-0.05, 0) is 12.1 Å². The van der Waals surface area contributed by atoms with Crippen molar-refractivity contribution in [2.24, 2.45) is 0 Å². The molecule has 7 heteroatoms. The normalized spacial score (nSPS) is 10.2. The molecule has 0 bridgehead atoms. The monoisotopic (exact) mass is 280 g/mol. The van der Waals surface area contributed by atoms with Crippen LogP contribution < -0.4 is 5.32 Å². The molecule has 0 spiro atoms. The lowest BCUT2D eigenvalue weighted by Gasteiger charge is -2.04. The van der Waals surface area contributed by atoms with Crippen LogP contribution in [0.5, 0.6) is 0 Å². The summed E-state index contributed by atoms with van der Waals surface area (Å²) >= 11 is 0.784. The van der Waals surface area contributed by atoms with E-state index in [9.17, 15) is 19.3 Å². The van der Waals surface area contributed by atoms with Gasteiger partial charge in [-0.25, -0.2) is 4.39 Å². The van der Waals surface area contributed by atoms with E-state index in [1.807, 2.05) is 0 Å². The molecule has 5 nitrogen and oxygen atoms in total. The van der Waals surface area contributed by atoms with Crippen LogP contribution in [0.1, 0.15) is 15.2 Å². The zero-order valence-electron chi connectivity index (χ0n) is 9.63. The number of rotatable bonds is 4. The van der Waals surface area contributed by atoms with Gasteiger partial charge in [-0.2, -0.15) is 0 Å². The second kappa shape index (κ2) is 5.57. The lowest BCUT2D eigenvalue weighted by molar-refractivity contribution is -0.380. The third kappa shape index (κ3) is 3.14. The van der Waals surface area contributed by atoms with Crippen LogP contribution in [0.4, 0.5) is 9.39 Å². The van der Waals surface area contributed by atoms with E-state index in [4.69, 9.17) is 0 Å². The number of hydrogen-bond acceptors (Lipinski definition) is 4. The molecular formula is C12H9FN2O3S. The summed E-state index contributed by atoms with van der Waals surface area (Å²) in [6, 6.07) is 8.73. The third-order valence-electron chi connectivity index (χ3n) is 2.39. The van der Waals surface area contributed by atoms with Crippen molar-refractivity contribution in [1.82, 2.24) is 5.32 Å². The van der Waals surface area contributed by atoms with Gasteiger partial charge in [-0.1, -0.05) is 29.5 Å². The minimum Gasteiger partial charge on any atom is -0.347 e. The van der Waals surface area contributed by atoms with Crippen LogP contribution in [0.3, 0.4) is 0 Å². The lowest BCUT2D eigenvalue weighted by atomic mass is 10.2. The molecule has 0 radical (unpaired) electrons. The van der Waals surface area contributed by atoms with Crippen LogP contribution in [-0.2, 0) is 6.54 Å². The maximum atomic E-state index is 13.3. The minimum atomic E-state index is -0.557. The molecular weight excluding hydrogens is 271 g/mol. The number of carbonyl (C=O) groups is 1. The van der Waals surface area contributed by atoms with Gasteiger partial charge in [0.05, 0.1) is 9.80 Å². The molecule has 1 N–H and O–H groups in total. The van der Waals surface area contributed by atoms with Crippen LogP contribution in [0.15, 0.2) is 36.4 Å². The molecule has 1 aromatic carbocycles. The van der Waals surface area contributed by atoms with Crippen molar-refractivity contribution < 1.29 is 14.1 Å². The summed E-state index contributed by atoms with van der Waals surface area (Å²) in [5.41, 5.74) is 0.363. The summed E-state index contributed by atoms with van der Waals surface area (Å²) in [4.78, 5) is 21.9. The molecule has 0 aliphatic rings. The molecule has 19 heavy (non-hydrogen) atoms. The van der Waals surface area contributed by atoms with Gasteiger partial charge >= 0.3 is 5.00 Å². The molecule has 0 atom stereocenters. The smallest absolute Gasteiger partial charge is 0.324 e. The largest absolute Gasteiger partial charge is 0.347 e. The average molecular weight is 280 g/mol.